The Kier molecular flexibility index (Phi) is 789. The van der Waals surface area contributed by atoms with Gasteiger partial charge in [-0.3, -0.25) is 4.66 Å². The summed E-state index contributed by atoms with van der Waals surface area (Å²) in [6.45, 7) is 0. The highest BCUT2D eigenvalue weighted by Crippen LogP contribution is 1.31. The summed E-state index contributed by atoms with van der Waals surface area (Å²) in [4.78, 5) is 0. The zero-order chi connectivity index (χ0) is 4.00. The smallest absolute Gasteiger partial charge is 0.0579 e. The first-order valence-electron chi connectivity index (χ1n) is 0.746. The summed E-state index contributed by atoms with van der Waals surface area (Å²) in [5.74, 6) is 0. The quantitative estimate of drug-likeness (QED) is 0.423. The molecule has 0 amide bonds. The molecule has 3 N–H and O–H groups in total. The monoisotopic (exact) mass is 83.0 g/mol. The highest BCUT2D eigenvalue weighted by molar-refractivity contribution is 6.04. The number of hydrogen-bond donors (Lipinski definition) is 2. The maximum atomic E-state index is 6.47. The zero-order valence-electron chi connectivity index (χ0n) is 2.40. The molecule has 2 nitrogen and oxygen atoms in total. The Morgan fingerprint density at radius 1 is 1.50 bits per heavy atom. The van der Waals surface area contributed by atoms with E-state index in [4.69, 9.17) is 4.66 Å². The minimum atomic E-state index is 1.50. The van der Waals surface area contributed by atoms with Crippen molar-refractivity contribution in [3.63, 3.8) is 0 Å². The summed E-state index contributed by atoms with van der Waals surface area (Å²) in [6, 6.07) is 0. The predicted molar refractivity (Wildman–Crippen MR) is 18.2 cm³/mol. The molecule has 0 saturated heterocycles. The third-order valence-corrected chi connectivity index (χ3v) is 0. The van der Waals surface area contributed by atoms with Crippen molar-refractivity contribution in [1.82, 2.24) is 0 Å². The molecule has 0 aliphatic rings. The van der Waals surface area contributed by atoms with Crippen molar-refractivity contribution in [3.8, 4) is 0 Å². The normalized spacial score (nSPS) is 3.00. The largest absolute Gasteiger partial charge is 0.333 e. The number of rotatable bonds is 0. The highest BCUT2D eigenvalue weighted by Gasteiger charge is 0.897. The average Bonchev–Trinajstić information content (AvgIpc) is 1.50. The van der Waals surface area contributed by atoms with Gasteiger partial charge < -0.3 is 5.73 Å². The lowest BCUT2D eigenvalue weighted by Crippen LogP contribution is -1.69. The van der Waals surface area contributed by atoms with Gasteiger partial charge in [-0.2, -0.15) is 0 Å². The molecule has 4 heavy (non-hydrogen) atoms. The van der Waals surface area contributed by atoms with E-state index in [-0.39, 0.29) is 0 Å². The van der Waals surface area contributed by atoms with Crippen molar-refractivity contribution in [2.75, 3.05) is 7.05 Å². The van der Waals surface area contributed by atoms with Crippen molar-refractivity contribution in [3.05, 3.63) is 0 Å². The SMILES string of the molecule is CN.OCl. The molecule has 0 bridgehead atoms. The van der Waals surface area contributed by atoms with Gasteiger partial charge in [0.25, 0.3) is 0 Å². The van der Waals surface area contributed by atoms with E-state index < -0.39 is 0 Å². The maximum Gasteiger partial charge on any atom is 0.0579 e. The molecule has 0 spiro atoms. The van der Waals surface area contributed by atoms with E-state index in [9.17, 15) is 0 Å². The molecule has 3 heteroatoms. The number of halogens is 1. The van der Waals surface area contributed by atoms with Gasteiger partial charge in [0.1, 0.15) is 0 Å². The maximum absolute atomic E-state index is 6.47. The lowest BCUT2D eigenvalue weighted by Gasteiger charge is -1.19. The Labute approximate surface area is 30.4 Å². The van der Waals surface area contributed by atoms with E-state index in [2.05, 4.69) is 17.6 Å². The van der Waals surface area contributed by atoms with Crippen LogP contribution in [0.5, 0.6) is 0 Å². The van der Waals surface area contributed by atoms with Gasteiger partial charge in [0, 0.05) is 0 Å². The predicted octanol–water partition coefficient (Wildman–Crippen LogP) is -0.293. The van der Waals surface area contributed by atoms with Gasteiger partial charge in [-0.05, 0) is 7.05 Å². The molecule has 0 aromatic heterocycles. The van der Waals surface area contributed by atoms with E-state index >= 15 is 0 Å². The molecule has 0 rings (SSSR count). The summed E-state index contributed by atoms with van der Waals surface area (Å²) in [7, 11) is 1.50. The molecule has 28 valence electrons. The van der Waals surface area contributed by atoms with Crippen LogP contribution >= 0.6 is 11.9 Å². The van der Waals surface area contributed by atoms with Gasteiger partial charge in [0.15, 0.2) is 0 Å². The van der Waals surface area contributed by atoms with Gasteiger partial charge in [0.2, 0.25) is 0 Å². The lowest BCUT2D eigenvalue weighted by molar-refractivity contribution is 0.632. The Morgan fingerprint density at radius 2 is 1.50 bits per heavy atom. The van der Waals surface area contributed by atoms with Gasteiger partial charge in [0.05, 0.1) is 11.9 Å². The molecule has 0 aromatic rings. The third kappa shape index (κ3) is 73.4. The zero-order valence-corrected chi connectivity index (χ0v) is 3.16. The molecular weight excluding hydrogens is 77.5 g/mol. The van der Waals surface area contributed by atoms with Crippen LogP contribution in [0.1, 0.15) is 0 Å². The first kappa shape index (κ1) is 8.88. The second kappa shape index (κ2) is 356. The standard InChI is InChI=1S/CH5N.ClHO/c2*1-2/h2H2,1H3;2H. The number of hydrogen-bond acceptors (Lipinski definition) is 2. The van der Waals surface area contributed by atoms with Crippen molar-refractivity contribution < 1.29 is 4.66 Å². The van der Waals surface area contributed by atoms with Crippen LogP contribution in [0.15, 0.2) is 0 Å². The van der Waals surface area contributed by atoms with Crippen LogP contribution in [0.2, 0.25) is 0 Å². The van der Waals surface area contributed by atoms with Crippen LogP contribution in [0.4, 0.5) is 0 Å². The molecule has 0 heterocycles. The molecule has 0 aliphatic carbocycles. The number of nitrogens with two attached hydrogens (primary N) is 1. The molecular formula is CH6ClNO. The highest BCUT2D eigenvalue weighted by atomic mass is 35.5. The Hall–Kier alpha value is 0.210. The first-order chi connectivity index (χ1) is 2.00. The Balaban J connectivity index is 0. The van der Waals surface area contributed by atoms with Crippen molar-refractivity contribution in [2.24, 2.45) is 5.73 Å². The van der Waals surface area contributed by atoms with E-state index in [0.717, 1.165) is 0 Å². The molecule has 0 fully saturated rings. The second-order valence-corrected chi connectivity index (χ2v) is 0. The van der Waals surface area contributed by atoms with Crippen molar-refractivity contribution in [2.45, 2.75) is 0 Å². The van der Waals surface area contributed by atoms with Crippen LogP contribution < -0.4 is 5.73 Å². The minimum Gasteiger partial charge on any atom is -0.333 e. The summed E-state index contributed by atoms with van der Waals surface area (Å²) in [5, 5.41) is 0. The average molecular weight is 83.5 g/mol. The van der Waals surface area contributed by atoms with Crippen LogP contribution in [-0.2, 0) is 0 Å². The summed E-state index contributed by atoms with van der Waals surface area (Å²) >= 11 is 3.64. The second-order valence-electron chi connectivity index (χ2n) is 0. The lowest BCUT2D eigenvalue weighted by atomic mass is 11.6. The first-order valence-corrected chi connectivity index (χ1v) is 1.08. The molecule has 0 radical (unpaired) electrons. The van der Waals surface area contributed by atoms with E-state index in [1.54, 1.807) is 0 Å². The van der Waals surface area contributed by atoms with E-state index in [1.807, 2.05) is 0 Å². The Morgan fingerprint density at radius 3 is 1.50 bits per heavy atom. The molecule has 0 aliphatic heterocycles. The van der Waals surface area contributed by atoms with Gasteiger partial charge in [-0.15, -0.1) is 0 Å². The minimum absolute atomic E-state index is 1.50. The van der Waals surface area contributed by atoms with Crippen molar-refractivity contribution in [1.29, 1.82) is 0 Å². The topological polar surface area (TPSA) is 46.2 Å². The molecule has 0 aromatic carbocycles. The van der Waals surface area contributed by atoms with Crippen molar-refractivity contribution >= 4 is 11.9 Å². The molecule has 0 atom stereocenters. The van der Waals surface area contributed by atoms with Crippen LogP contribution in [0, 0.1) is 0 Å². The van der Waals surface area contributed by atoms with Gasteiger partial charge in [-0.25, -0.2) is 0 Å². The fourth-order valence-electron chi connectivity index (χ4n) is 0. The third-order valence-electron chi connectivity index (χ3n) is 0. The van der Waals surface area contributed by atoms with Gasteiger partial charge >= 0.3 is 0 Å². The van der Waals surface area contributed by atoms with E-state index in [0.29, 0.717) is 0 Å². The summed E-state index contributed by atoms with van der Waals surface area (Å²) in [6.07, 6.45) is 0. The summed E-state index contributed by atoms with van der Waals surface area (Å²) < 4.78 is 6.47. The Bertz CT molecular complexity index is 8.00. The fourth-order valence-corrected chi connectivity index (χ4v) is 0. The van der Waals surface area contributed by atoms with Crippen LogP contribution in [-0.4, -0.2) is 11.7 Å². The van der Waals surface area contributed by atoms with Crippen LogP contribution in [0.25, 0.3) is 0 Å². The summed E-state index contributed by atoms with van der Waals surface area (Å²) in [5.41, 5.74) is 4.50. The van der Waals surface area contributed by atoms with Crippen LogP contribution in [0.3, 0.4) is 0 Å². The fraction of sp³-hybridized carbons (Fsp3) is 1.00. The van der Waals surface area contributed by atoms with E-state index in [1.165, 1.54) is 7.05 Å². The van der Waals surface area contributed by atoms with Gasteiger partial charge in [-0.1, -0.05) is 0 Å². The molecule has 0 saturated carbocycles. The molecule has 0 unspecified atom stereocenters.